The van der Waals surface area contributed by atoms with Crippen molar-refractivity contribution in [3.63, 3.8) is 0 Å². The summed E-state index contributed by atoms with van der Waals surface area (Å²) in [6.45, 7) is 0.233. The average molecular weight is 337 g/mol. The SMILES string of the molecule is COC(=O)CCN1C(=O)/C(=C/c2ccc(OC)cc2)SC1=S. The first-order valence-electron chi connectivity index (χ1n) is 6.51. The van der Waals surface area contributed by atoms with Crippen LogP contribution >= 0.6 is 24.0 Å². The lowest BCUT2D eigenvalue weighted by Gasteiger charge is -2.12. The van der Waals surface area contributed by atoms with Crippen LogP contribution in [0.15, 0.2) is 29.2 Å². The summed E-state index contributed by atoms with van der Waals surface area (Å²) in [5, 5.41) is 0. The van der Waals surface area contributed by atoms with Gasteiger partial charge < -0.3 is 9.47 Å². The largest absolute Gasteiger partial charge is 0.497 e. The molecule has 0 spiro atoms. The summed E-state index contributed by atoms with van der Waals surface area (Å²) in [7, 11) is 2.91. The third kappa shape index (κ3) is 3.86. The Morgan fingerprint density at radius 2 is 2.00 bits per heavy atom. The lowest BCUT2D eigenvalue weighted by atomic mass is 10.2. The predicted octanol–water partition coefficient (Wildman–Crippen LogP) is 2.46. The molecule has 0 radical (unpaired) electrons. The Balaban J connectivity index is 2.09. The van der Waals surface area contributed by atoms with Gasteiger partial charge in [-0.25, -0.2) is 0 Å². The smallest absolute Gasteiger partial charge is 0.307 e. The van der Waals surface area contributed by atoms with Crippen LogP contribution in [0.3, 0.4) is 0 Å². The van der Waals surface area contributed by atoms with E-state index < -0.39 is 0 Å². The van der Waals surface area contributed by atoms with E-state index in [1.54, 1.807) is 13.2 Å². The zero-order valence-corrected chi connectivity index (χ0v) is 13.8. The summed E-state index contributed by atoms with van der Waals surface area (Å²) in [5.41, 5.74) is 0.884. The Morgan fingerprint density at radius 3 is 2.59 bits per heavy atom. The molecular formula is C15H15NO4S2. The Labute approximate surface area is 138 Å². The summed E-state index contributed by atoms with van der Waals surface area (Å²) in [6.07, 6.45) is 1.90. The molecule has 22 heavy (non-hydrogen) atoms. The standard InChI is InChI=1S/C15H15NO4S2/c1-19-11-5-3-10(4-6-11)9-12-14(18)16(15(21)22-12)8-7-13(17)20-2/h3-6,9H,7-8H2,1-2H3/b12-9-. The van der Waals surface area contributed by atoms with Gasteiger partial charge in [-0.2, -0.15) is 0 Å². The topological polar surface area (TPSA) is 55.8 Å². The van der Waals surface area contributed by atoms with Crippen LogP contribution in [0.5, 0.6) is 5.75 Å². The maximum atomic E-state index is 12.3. The first-order valence-corrected chi connectivity index (χ1v) is 7.74. The maximum absolute atomic E-state index is 12.3. The van der Waals surface area contributed by atoms with Gasteiger partial charge in [0, 0.05) is 6.54 Å². The molecule has 0 atom stereocenters. The minimum absolute atomic E-state index is 0.124. The van der Waals surface area contributed by atoms with Crippen LogP contribution in [-0.4, -0.2) is 41.9 Å². The van der Waals surface area contributed by atoms with Crippen molar-refractivity contribution in [3.8, 4) is 5.75 Å². The van der Waals surface area contributed by atoms with E-state index in [1.165, 1.54) is 23.8 Å². The number of esters is 1. The fourth-order valence-electron chi connectivity index (χ4n) is 1.85. The number of methoxy groups -OCH3 is 2. The second-order valence-electron chi connectivity index (χ2n) is 4.43. The van der Waals surface area contributed by atoms with Crippen molar-refractivity contribution in [2.45, 2.75) is 6.42 Å². The van der Waals surface area contributed by atoms with Gasteiger partial charge in [0.05, 0.1) is 25.5 Å². The van der Waals surface area contributed by atoms with Crippen LogP contribution in [0, 0.1) is 0 Å². The number of amides is 1. The molecule has 1 aliphatic rings. The first-order chi connectivity index (χ1) is 10.5. The molecule has 116 valence electrons. The van der Waals surface area contributed by atoms with Crippen molar-refractivity contribution in [3.05, 3.63) is 34.7 Å². The summed E-state index contributed by atoms with van der Waals surface area (Å²) >= 11 is 6.43. The van der Waals surface area contributed by atoms with E-state index in [0.717, 1.165) is 11.3 Å². The van der Waals surface area contributed by atoms with E-state index in [4.69, 9.17) is 17.0 Å². The maximum Gasteiger partial charge on any atom is 0.307 e. The fourth-order valence-corrected chi connectivity index (χ4v) is 3.16. The Morgan fingerprint density at radius 1 is 1.32 bits per heavy atom. The zero-order valence-electron chi connectivity index (χ0n) is 12.2. The molecule has 1 aromatic rings. The molecule has 1 aromatic carbocycles. The van der Waals surface area contributed by atoms with Gasteiger partial charge in [0.25, 0.3) is 5.91 Å². The van der Waals surface area contributed by atoms with Gasteiger partial charge in [-0.3, -0.25) is 14.5 Å². The summed E-state index contributed by atoms with van der Waals surface area (Å²) in [4.78, 5) is 25.5. The quantitative estimate of drug-likeness (QED) is 0.467. The van der Waals surface area contributed by atoms with Gasteiger partial charge in [-0.15, -0.1) is 0 Å². The minimum Gasteiger partial charge on any atom is -0.497 e. The number of hydrogen-bond donors (Lipinski definition) is 0. The molecule has 5 nitrogen and oxygen atoms in total. The number of hydrogen-bond acceptors (Lipinski definition) is 6. The highest BCUT2D eigenvalue weighted by atomic mass is 32.2. The summed E-state index contributed by atoms with van der Waals surface area (Å²) < 4.78 is 10.1. The molecule has 0 aromatic heterocycles. The van der Waals surface area contributed by atoms with E-state index in [-0.39, 0.29) is 24.8 Å². The molecule has 0 N–H and O–H groups in total. The molecule has 1 saturated heterocycles. The van der Waals surface area contributed by atoms with Crippen molar-refractivity contribution in [1.82, 2.24) is 4.90 Å². The second-order valence-corrected chi connectivity index (χ2v) is 6.11. The van der Waals surface area contributed by atoms with E-state index in [1.807, 2.05) is 24.3 Å². The van der Waals surface area contributed by atoms with Crippen LogP contribution < -0.4 is 4.74 Å². The van der Waals surface area contributed by atoms with Crippen LogP contribution in [0.4, 0.5) is 0 Å². The molecule has 1 aliphatic heterocycles. The van der Waals surface area contributed by atoms with Gasteiger partial charge >= 0.3 is 5.97 Å². The van der Waals surface area contributed by atoms with Crippen molar-refractivity contribution < 1.29 is 19.1 Å². The predicted molar refractivity (Wildman–Crippen MR) is 89.5 cm³/mol. The van der Waals surface area contributed by atoms with Crippen molar-refractivity contribution in [2.24, 2.45) is 0 Å². The lowest BCUT2D eigenvalue weighted by Crippen LogP contribution is -2.30. The third-order valence-electron chi connectivity index (χ3n) is 3.05. The number of thioether (sulfide) groups is 1. The lowest BCUT2D eigenvalue weighted by molar-refractivity contribution is -0.140. The number of benzene rings is 1. The molecule has 1 heterocycles. The molecule has 0 unspecified atom stereocenters. The Bertz CT molecular complexity index is 625. The number of nitrogens with zero attached hydrogens (tertiary/aromatic N) is 1. The van der Waals surface area contributed by atoms with Crippen LogP contribution in [0.1, 0.15) is 12.0 Å². The highest BCUT2D eigenvalue weighted by Crippen LogP contribution is 2.32. The molecule has 1 fully saturated rings. The number of rotatable bonds is 5. The van der Waals surface area contributed by atoms with E-state index >= 15 is 0 Å². The molecule has 7 heteroatoms. The van der Waals surface area contributed by atoms with Gasteiger partial charge in [0.1, 0.15) is 10.1 Å². The summed E-state index contributed by atoms with van der Waals surface area (Å²) in [6, 6.07) is 7.37. The van der Waals surface area contributed by atoms with Crippen LogP contribution in [-0.2, 0) is 14.3 Å². The molecule has 0 saturated carbocycles. The van der Waals surface area contributed by atoms with Crippen molar-refractivity contribution in [2.75, 3.05) is 20.8 Å². The monoisotopic (exact) mass is 337 g/mol. The van der Waals surface area contributed by atoms with Crippen LogP contribution in [0.25, 0.3) is 6.08 Å². The Hall–Kier alpha value is -1.86. The van der Waals surface area contributed by atoms with Gasteiger partial charge in [0.2, 0.25) is 0 Å². The summed E-state index contributed by atoms with van der Waals surface area (Å²) in [5.74, 6) is 0.200. The minimum atomic E-state index is -0.367. The van der Waals surface area contributed by atoms with Crippen LogP contribution in [0.2, 0.25) is 0 Å². The van der Waals surface area contributed by atoms with Crippen molar-refractivity contribution >= 4 is 46.3 Å². The van der Waals surface area contributed by atoms with Gasteiger partial charge in [0.15, 0.2) is 0 Å². The Kier molecular flexibility index (Phi) is 5.57. The average Bonchev–Trinajstić information content (AvgIpc) is 2.79. The van der Waals surface area contributed by atoms with Crippen molar-refractivity contribution in [1.29, 1.82) is 0 Å². The molecule has 2 rings (SSSR count). The third-order valence-corrected chi connectivity index (χ3v) is 4.43. The number of carbonyl (C=O) groups excluding carboxylic acids is 2. The highest BCUT2D eigenvalue weighted by Gasteiger charge is 2.32. The zero-order chi connectivity index (χ0) is 16.1. The molecular weight excluding hydrogens is 322 g/mol. The number of carbonyl (C=O) groups is 2. The number of ether oxygens (including phenoxy) is 2. The molecule has 1 amide bonds. The van der Waals surface area contributed by atoms with E-state index in [0.29, 0.717) is 9.23 Å². The highest BCUT2D eigenvalue weighted by molar-refractivity contribution is 8.26. The molecule has 0 bridgehead atoms. The van der Waals surface area contributed by atoms with Gasteiger partial charge in [-0.05, 0) is 23.8 Å². The number of thiocarbonyl (C=S) groups is 1. The fraction of sp³-hybridized carbons (Fsp3) is 0.267. The van der Waals surface area contributed by atoms with E-state index in [2.05, 4.69) is 4.74 Å². The van der Waals surface area contributed by atoms with Gasteiger partial charge in [-0.1, -0.05) is 36.1 Å². The first kappa shape index (κ1) is 16.5. The molecule has 0 aliphatic carbocycles. The normalized spacial score (nSPS) is 16.3. The second kappa shape index (κ2) is 7.42. The van der Waals surface area contributed by atoms with E-state index in [9.17, 15) is 9.59 Å².